The van der Waals surface area contributed by atoms with E-state index in [2.05, 4.69) is 0 Å². The number of fused-ring (bicyclic) bond motifs is 6. The maximum atomic E-state index is 11.8. The molecule has 98 valence electrons. The molecule has 0 aliphatic carbocycles. The van der Waals surface area contributed by atoms with E-state index in [1.54, 1.807) is 0 Å². The zero-order valence-electron chi connectivity index (χ0n) is 9.42. The van der Waals surface area contributed by atoms with Gasteiger partial charge in [-0.1, -0.05) is 0 Å². The molecule has 2 aliphatic rings. The minimum atomic E-state index is -2.14. The average molecular weight is 488 g/mol. The van der Waals surface area contributed by atoms with Crippen molar-refractivity contribution in [3.8, 4) is 0 Å². The molecule has 0 saturated heterocycles. The third-order valence-electron chi connectivity index (χ3n) is 2.57. The molecule has 1 aromatic carbocycles. The van der Waals surface area contributed by atoms with Crippen molar-refractivity contribution in [2.75, 3.05) is 0 Å². The topological polar surface area (TPSA) is 105 Å². The van der Waals surface area contributed by atoms with Gasteiger partial charge in [0.25, 0.3) is 0 Å². The predicted octanol–water partition coefficient (Wildman–Crippen LogP) is -0.591. The number of hydrogen-bond donors (Lipinski definition) is 0. The maximum absolute atomic E-state index is 11.8. The summed E-state index contributed by atoms with van der Waals surface area (Å²) < 4.78 is 19.3. The molecule has 10 heteroatoms. The summed E-state index contributed by atoms with van der Waals surface area (Å²) in [5.74, 6) is -3.04. The van der Waals surface area contributed by atoms with Crippen molar-refractivity contribution < 1.29 is 31.5 Å². The molecule has 0 fully saturated rings. The van der Waals surface area contributed by atoms with Crippen LogP contribution >= 0.6 is 0 Å². The van der Waals surface area contributed by atoms with Crippen LogP contribution in [0.25, 0.3) is 0 Å². The molecule has 0 amide bonds. The third-order valence-corrected chi connectivity index (χ3v) is 5.64. The fraction of sp³-hybridized carbons (Fsp3) is 0. The Hall–Kier alpha value is -1.30. The number of carbonyl (C=O) groups excluding carboxylic acids is 4. The molecule has 4 bridgehead atoms. The molecular weight excluding hydrogens is 486 g/mol. The Bertz CT molecular complexity index is 559. The van der Waals surface area contributed by atoms with Crippen molar-refractivity contribution in [3.05, 3.63) is 34.4 Å². The van der Waals surface area contributed by atoms with E-state index in [-0.39, 0.29) is 22.3 Å². The van der Waals surface area contributed by atoms with Gasteiger partial charge in [-0.25, -0.2) is 0 Å². The number of hydrogen-bond acceptors (Lipinski definition) is 8. The normalized spacial score (nSPS) is 17.6. The van der Waals surface area contributed by atoms with E-state index >= 15 is 0 Å². The molecule has 2 heterocycles. The van der Waals surface area contributed by atoms with Crippen LogP contribution in [0.3, 0.4) is 0 Å². The Morgan fingerprint density at radius 2 is 0.800 bits per heavy atom. The second-order valence-electron chi connectivity index (χ2n) is 3.67. The van der Waals surface area contributed by atoms with E-state index in [9.17, 15) is 19.2 Å². The quantitative estimate of drug-likeness (QED) is 0.447. The van der Waals surface area contributed by atoms with Gasteiger partial charge in [0.1, 0.15) is 0 Å². The summed E-state index contributed by atoms with van der Waals surface area (Å²) in [4.78, 5) is 47.2. The van der Waals surface area contributed by atoms with Gasteiger partial charge in [-0.05, 0) is 0 Å². The van der Waals surface area contributed by atoms with Gasteiger partial charge in [0.15, 0.2) is 0 Å². The van der Waals surface area contributed by atoms with Gasteiger partial charge in [-0.2, -0.15) is 0 Å². The van der Waals surface area contributed by atoms with Crippen LogP contribution in [0, 0.1) is 0 Å². The van der Waals surface area contributed by atoms with E-state index in [1.165, 1.54) is 0 Å². The van der Waals surface area contributed by atoms with Crippen LogP contribution in [0.2, 0.25) is 0 Å². The summed E-state index contributed by atoms with van der Waals surface area (Å²) in [6.07, 6.45) is 0. The first-order chi connectivity index (χ1) is 9.58. The summed E-state index contributed by atoms with van der Waals surface area (Å²) >= 11 is -4.29. The fourth-order valence-electron chi connectivity index (χ4n) is 1.69. The molecule has 0 unspecified atom stereocenters. The summed E-state index contributed by atoms with van der Waals surface area (Å²) in [6, 6.07) is 2.21. The molecule has 0 saturated carbocycles. The fourth-order valence-corrected chi connectivity index (χ4v) is 4.05. The van der Waals surface area contributed by atoms with Gasteiger partial charge >= 0.3 is 134 Å². The van der Waals surface area contributed by atoms with E-state index in [4.69, 9.17) is 12.3 Å². The summed E-state index contributed by atoms with van der Waals surface area (Å²) in [5.41, 5.74) is -0.387. The van der Waals surface area contributed by atoms with E-state index in [1.807, 2.05) is 0 Å². The number of carbonyl (C=O) groups is 4. The number of benzene rings is 1. The molecule has 20 heavy (non-hydrogen) atoms. The minimum absolute atomic E-state index is 0.0969. The molecule has 0 aromatic heterocycles. The molecule has 0 atom stereocenters. The molecule has 2 aliphatic heterocycles. The molecule has 0 spiro atoms. The second-order valence-corrected chi connectivity index (χ2v) is 6.95. The summed E-state index contributed by atoms with van der Waals surface area (Å²) in [7, 11) is 0. The third kappa shape index (κ3) is 2.26. The van der Waals surface area contributed by atoms with Crippen molar-refractivity contribution >= 4 is 67.8 Å². The van der Waals surface area contributed by atoms with Crippen molar-refractivity contribution in [1.29, 1.82) is 0 Å². The van der Waals surface area contributed by atoms with E-state index in [0.717, 1.165) is 12.1 Å². The average Bonchev–Trinajstić information content (AvgIpc) is 2.43. The summed E-state index contributed by atoms with van der Waals surface area (Å²) in [6.45, 7) is 0. The predicted molar refractivity (Wildman–Crippen MR) is 59.6 cm³/mol. The van der Waals surface area contributed by atoms with Crippen LogP contribution in [-0.4, -0.2) is 67.8 Å². The number of rotatable bonds is 0. The monoisotopic (exact) mass is 490 g/mol. The van der Waals surface area contributed by atoms with Gasteiger partial charge in [0.2, 0.25) is 0 Å². The van der Waals surface area contributed by atoms with Gasteiger partial charge in [-0.3, -0.25) is 0 Å². The zero-order chi connectivity index (χ0) is 14.3. The Morgan fingerprint density at radius 3 is 1.05 bits per heavy atom. The van der Waals surface area contributed by atoms with E-state index in [0.29, 0.717) is 0 Å². The Kier molecular flexibility index (Phi) is 3.58. The Balaban J connectivity index is 2.31. The van der Waals surface area contributed by atoms with Crippen molar-refractivity contribution in [1.82, 2.24) is 0 Å². The van der Waals surface area contributed by atoms with Crippen LogP contribution in [-0.2, 0) is 12.3 Å². The van der Waals surface area contributed by atoms with Crippen LogP contribution in [0.5, 0.6) is 0 Å². The molecular formula is C10H2O8Sn2. The Morgan fingerprint density at radius 1 is 0.550 bits per heavy atom. The summed E-state index contributed by atoms with van der Waals surface area (Å²) in [5, 5.41) is 0. The first-order valence-corrected chi connectivity index (χ1v) is 9.76. The zero-order valence-corrected chi connectivity index (χ0v) is 15.1. The first-order valence-electron chi connectivity index (χ1n) is 5.10. The first kappa shape index (κ1) is 13.7. The van der Waals surface area contributed by atoms with Crippen molar-refractivity contribution in [3.63, 3.8) is 0 Å². The molecule has 3 rings (SSSR count). The molecule has 8 nitrogen and oxygen atoms in total. The van der Waals surface area contributed by atoms with Gasteiger partial charge < -0.3 is 0 Å². The van der Waals surface area contributed by atoms with Crippen LogP contribution in [0.15, 0.2) is 12.1 Å². The second kappa shape index (κ2) is 5.24. The van der Waals surface area contributed by atoms with Crippen LogP contribution in [0.1, 0.15) is 41.4 Å². The Labute approximate surface area is 133 Å². The molecule has 0 N–H and O–H groups in total. The van der Waals surface area contributed by atoms with E-state index < -0.39 is 67.8 Å². The standard InChI is InChI=1S/C10H6O8.2Sn/c11-7(12)3-1-4(8(13)14)6(10(17)18)2-5(3)9(15)16;;/h1-2H,(H,11,12)(H,13,14)(H,15,16)(H,17,18);;/q;2*+2/p-4. The van der Waals surface area contributed by atoms with Crippen LogP contribution < -0.4 is 0 Å². The SMILES string of the molecule is O=C1[O][Sn][O]C(=O)c2cc1c1cc2C(=O)[O][Sn][O]C1=O. The van der Waals surface area contributed by atoms with Gasteiger partial charge in [-0.15, -0.1) is 0 Å². The van der Waals surface area contributed by atoms with Crippen LogP contribution in [0.4, 0.5) is 0 Å². The molecule has 4 radical (unpaired) electrons. The van der Waals surface area contributed by atoms with Gasteiger partial charge in [0.05, 0.1) is 0 Å². The van der Waals surface area contributed by atoms with Crippen molar-refractivity contribution in [2.24, 2.45) is 0 Å². The molecule has 1 aromatic rings. The van der Waals surface area contributed by atoms with Gasteiger partial charge in [0, 0.05) is 0 Å². The van der Waals surface area contributed by atoms with Crippen molar-refractivity contribution in [2.45, 2.75) is 0 Å².